The summed E-state index contributed by atoms with van der Waals surface area (Å²) in [5.74, 6) is 0.980. The molecular weight excluding hydrogens is 244 g/mol. The zero-order valence-corrected chi connectivity index (χ0v) is 11.4. The van der Waals surface area contributed by atoms with Gasteiger partial charge in [-0.3, -0.25) is 4.79 Å². The van der Waals surface area contributed by atoms with Crippen LogP contribution in [0.3, 0.4) is 0 Å². The Kier molecular flexibility index (Phi) is 5.01. The van der Waals surface area contributed by atoms with Crippen LogP contribution in [-0.2, 0) is 4.79 Å². The average molecular weight is 268 g/mol. The average Bonchev–Trinajstić information content (AvgIpc) is 2.46. The van der Waals surface area contributed by atoms with Gasteiger partial charge in [0.05, 0.1) is 0 Å². The van der Waals surface area contributed by atoms with E-state index in [1.54, 1.807) is 0 Å². The number of primary amides is 1. The maximum absolute atomic E-state index is 12.3. The summed E-state index contributed by atoms with van der Waals surface area (Å²) in [6, 6.07) is -0.465. The zero-order chi connectivity index (χ0) is 13.7. The van der Waals surface area contributed by atoms with Crippen molar-refractivity contribution in [3.63, 3.8) is 0 Å². The SMILES string of the molecule is NC(=O)NCC1CCN(C(=O)C2CCNCC2)CC1. The highest BCUT2D eigenvalue weighted by Crippen LogP contribution is 2.21. The number of nitrogens with two attached hydrogens (primary N) is 1. The Morgan fingerprint density at radius 1 is 1.16 bits per heavy atom. The molecule has 2 rings (SSSR count). The van der Waals surface area contributed by atoms with Gasteiger partial charge >= 0.3 is 6.03 Å². The monoisotopic (exact) mass is 268 g/mol. The minimum absolute atomic E-state index is 0.210. The predicted molar refractivity (Wildman–Crippen MR) is 72.5 cm³/mol. The van der Waals surface area contributed by atoms with Crippen molar-refractivity contribution in [1.82, 2.24) is 15.5 Å². The van der Waals surface area contributed by atoms with E-state index in [-0.39, 0.29) is 5.92 Å². The van der Waals surface area contributed by atoms with E-state index in [9.17, 15) is 9.59 Å². The van der Waals surface area contributed by atoms with E-state index in [1.807, 2.05) is 4.90 Å². The molecule has 2 aliphatic rings. The van der Waals surface area contributed by atoms with Crippen molar-refractivity contribution >= 4 is 11.9 Å². The van der Waals surface area contributed by atoms with Crippen molar-refractivity contribution in [1.29, 1.82) is 0 Å². The van der Waals surface area contributed by atoms with Crippen LogP contribution in [0.25, 0.3) is 0 Å². The fourth-order valence-electron chi connectivity index (χ4n) is 2.93. The molecule has 0 aromatic carbocycles. The van der Waals surface area contributed by atoms with E-state index < -0.39 is 6.03 Å². The van der Waals surface area contributed by atoms with Crippen molar-refractivity contribution in [2.45, 2.75) is 25.7 Å². The topological polar surface area (TPSA) is 87.5 Å². The van der Waals surface area contributed by atoms with E-state index in [2.05, 4.69) is 10.6 Å². The Labute approximate surface area is 114 Å². The van der Waals surface area contributed by atoms with E-state index in [1.165, 1.54) is 0 Å². The number of amides is 3. The Balaban J connectivity index is 1.72. The molecule has 2 saturated heterocycles. The van der Waals surface area contributed by atoms with Crippen LogP contribution in [0.15, 0.2) is 0 Å². The largest absolute Gasteiger partial charge is 0.352 e. The molecule has 0 aliphatic carbocycles. The van der Waals surface area contributed by atoms with Gasteiger partial charge in [-0.1, -0.05) is 0 Å². The summed E-state index contributed by atoms with van der Waals surface area (Å²) >= 11 is 0. The van der Waals surface area contributed by atoms with Crippen molar-refractivity contribution in [3.05, 3.63) is 0 Å². The number of carbonyl (C=O) groups is 2. The molecule has 0 bridgehead atoms. The summed E-state index contributed by atoms with van der Waals surface area (Å²) in [7, 11) is 0. The summed E-state index contributed by atoms with van der Waals surface area (Å²) in [6.07, 6.45) is 3.83. The molecule has 0 unspecified atom stereocenters. The van der Waals surface area contributed by atoms with Gasteiger partial charge in [-0.25, -0.2) is 4.79 Å². The second kappa shape index (κ2) is 6.75. The number of hydrogen-bond donors (Lipinski definition) is 3. The fraction of sp³-hybridized carbons (Fsp3) is 0.846. The van der Waals surface area contributed by atoms with Gasteiger partial charge in [-0.15, -0.1) is 0 Å². The lowest BCUT2D eigenvalue weighted by molar-refractivity contribution is -0.137. The van der Waals surface area contributed by atoms with E-state index in [4.69, 9.17) is 5.73 Å². The second-order valence-corrected chi connectivity index (χ2v) is 5.54. The molecule has 2 fully saturated rings. The van der Waals surface area contributed by atoms with Gasteiger partial charge in [0.25, 0.3) is 0 Å². The number of likely N-dealkylation sites (tertiary alicyclic amines) is 1. The molecule has 0 aromatic heterocycles. The fourth-order valence-corrected chi connectivity index (χ4v) is 2.93. The van der Waals surface area contributed by atoms with Crippen LogP contribution in [0.1, 0.15) is 25.7 Å². The van der Waals surface area contributed by atoms with Gasteiger partial charge in [0.2, 0.25) is 5.91 Å². The second-order valence-electron chi connectivity index (χ2n) is 5.54. The van der Waals surface area contributed by atoms with Crippen LogP contribution in [0, 0.1) is 11.8 Å². The maximum atomic E-state index is 12.3. The number of carbonyl (C=O) groups excluding carboxylic acids is 2. The molecule has 0 spiro atoms. The molecule has 0 aromatic rings. The smallest absolute Gasteiger partial charge is 0.312 e. The van der Waals surface area contributed by atoms with Gasteiger partial charge in [0.1, 0.15) is 0 Å². The first-order valence-electron chi connectivity index (χ1n) is 7.19. The Hall–Kier alpha value is -1.30. The normalized spacial score (nSPS) is 22.2. The van der Waals surface area contributed by atoms with Crippen LogP contribution in [-0.4, -0.2) is 49.6 Å². The first-order chi connectivity index (χ1) is 9.16. The maximum Gasteiger partial charge on any atom is 0.312 e. The molecule has 4 N–H and O–H groups in total. The highest BCUT2D eigenvalue weighted by Gasteiger charge is 2.28. The van der Waals surface area contributed by atoms with Gasteiger partial charge in [0.15, 0.2) is 0 Å². The van der Waals surface area contributed by atoms with E-state index in [0.717, 1.165) is 51.9 Å². The van der Waals surface area contributed by atoms with Gasteiger partial charge in [-0.05, 0) is 44.7 Å². The predicted octanol–water partition coefficient (Wildman–Crippen LogP) is -0.107. The van der Waals surface area contributed by atoms with Crippen molar-refractivity contribution in [2.24, 2.45) is 17.6 Å². The van der Waals surface area contributed by atoms with Crippen LogP contribution in [0.4, 0.5) is 4.79 Å². The molecule has 19 heavy (non-hydrogen) atoms. The molecule has 0 radical (unpaired) electrons. The highest BCUT2D eigenvalue weighted by molar-refractivity contribution is 5.79. The highest BCUT2D eigenvalue weighted by atomic mass is 16.2. The molecular formula is C13H24N4O2. The first kappa shape index (κ1) is 14.1. The van der Waals surface area contributed by atoms with E-state index >= 15 is 0 Å². The Bertz CT molecular complexity index is 321. The number of piperidine rings is 2. The summed E-state index contributed by atoms with van der Waals surface area (Å²) in [6.45, 7) is 4.16. The lowest BCUT2D eigenvalue weighted by Crippen LogP contribution is -2.46. The first-order valence-corrected chi connectivity index (χ1v) is 7.19. The molecule has 0 atom stereocenters. The molecule has 3 amide bonds. The summed E-state index contributed by atoms with van der Waals surface area (Å²) < 4.78 is 0. The van der Waals surface area contributed by atoms with Crippen LogP contribution < -0.4 is 16.4 Å². The molecule has 0 saturated carbocycles. The lowest BCUT2D eigenvalue weighted by Gasteiger charge is -2.35. The summed E-state index contributed by atoms with van der Waals surface area (Å²) in [4.78, 5) is 25.0. The van der Waals surface area contributed by atoms with Crippen LogP contribution in [0.2, 0.25) is 0 Å². The zero-order valence-electron chi connectivity index (χ0n) is 11.4. The van der Waals surface area contributed by atoms with Crippen molar-refractivity contribution in [3.8, 4) is 0 Å². The molecule has 2 heterocycles. The number of rotatable bonds is 3. The molecule has 6 nitrogen and oxygen atoms in total. The standard InChI is InChI=1S/C13H24N4O2/c14-13(19)16-9-10-3-7-17(8-4-10)12(18)11-1-5-15-6-2-11/h10-11,15H,1-9H2,(H3,14,16,19). The van der Waals surface area contributed by atoms with Crippen molar-refractivity contribution in [2.75, 3.05) is 32.7 Å². The number of hydrogen-bond acceptors (Lipinski definition) is 3. The number of urea groups is 1. The quantitative estimate of drug-likeness (QED) is 0.667. The molecule has 2 aliphatic heterocycles. The molecule has 6 heteroatoms. The van der Waals surface area contributed by atoms with Gasteiger partial charge in [-0.2, -0.15) is 0 Å². The third-order valence-corrected chi connectivity index (χ3v) is 4.18. The molecule has 108 valence electrons. The van der Waals surface area contributed by atoms with Gasteiger partial charge in [0, 0.05) is 25.6 Å². The minimum Gasteiger partial charge on any atom is -0.352 e. The van der Waals surface area contributed by atoms with E-state index in [0.29, 0.717) is 18.4 Å². The third-order valence-electron chi connectivity index (χ3n) is 4.18. The van der Waals surface area contributed by atoms with Gasteiger partial charge < -0.3 is 21.3 Å². The lowest BCUT2D eigenvalue weighted by atomic mass is 9.92. The van der Waals surface area contributed by atoms with Crippen LogP contribution >= 0.6 is 0 Å². The Morgan fingerprint density at radius 2 is 1.79 bits per heavy atom. The minimum atomic E-state index is -0.465. The Morgan fingerprint density at radius 3 is 2.37 bits per heavy atom. The third kappa shape index (κ3) is 4.09. The summed E-state index contributed by atoms with van der Waals surface area (Å²) in [5, 5.41) is 5.93. The van der Waals surface area contributed by atoms with Crippen molar-refractivity contribution < 1.29 is 9.59 Å². The van der Waals surface area contributed by atoms with Crippen LogP contribution in [0.5, 0.6) is 0 Å². The number of nitrogens with zero attached hydrogens (tertiary/aromatic N) is 1. The summed E-state index contributed by atoms with van der Waals surface area (Å²) in [5.41, 5.74) is 5.06. The number of nitrogens with one attached hydrogen (secondary N) is 2.